The highest BCUT2D eigenvalue weighted by molar-refractivity contribution is 6.12. The van der Waals surface area contributed by atoms with Gasteiger partial charge < -0.3 is 25.0 Å². The lowest BCUT2D eigenvalue weighted by molar-refractivity contribution is -0.142. The van der Waals surface area contributed by atoms with Crippen molar-refractivity contribution < 1.29 is 34.1 Å². The van der Waals surface area contributed by atoms with E-state index in [1.165, 1.54) is 6.92 Å². The van der Waals surface area contributed by atoms with Crippen LogP contribution in [0.1, 0.15) is 6.92 Å². The van der Waals surface area contributed by atoms with Gasteiger partial charge in [-0.3, -0.25) is 4.79 Å². The maximum Gasteiger partial charge on any atom is 0.344 e. The summed E-state index contributed by atoms with van der Waals surface area (Å²) in [5.41, 5.74) is -0.283. The SMILES string of the molecule is CC(=O)OCCOc1ccc(NC=C(C(=O)O)C(=O)O)cc1. The number of anilines is 1. The first kappa shape index (κ1) is 17.0. The molecular formula is C14H15NO7. The second-order valence-corrected chi connectivity index (χ2v) is 4.03. The molecule has 8 nitrogen and oxygen atoms in total. The van der Waals surface area contributed by atoms with E-state index in [-0.39, 0.29) is 19.2 Å². The molecule has 0 aromatic heterocycles. The van der Waals surface area contributed by atoms with Crippen LogP contribution < -0.4 is 10.1 Å². The molecule has 1 aromatic carbocycles. The Morgan fingerprint density at radius 3 is 2.18 bits per heavy atom. The van der Waals surface area contributed by atoms with Gasteiger partial charge in [0.1, 0.15) is 19.0 Å². The fraction of sp³-hybridized carbons (Fsp3) is 0.214. The Morgan fingerprint density at radius 2 is 1.68 bits per heavy atom. The Bertz CT molecular complexity index is 561. The number of ether oxygens (including phenoxy) is 2. The minimum Gasteiger partial charge on any atom is -0.490 e. The highest BCUT2D eigenvalue weighted by atomic mass is 16.6. The van der Waals surface area contributed by atoms with E-state index in [2.05, 4.69) is 5.32 Å². The topological polar surface area (TPSA) is 122 Å². The zero-order valence-electron chi connectivity index (χ0n) is 11.7. The Balaban J connectivity index is 2.54. The van der Waals surface area contributed by atoms with Crippen LogP contribution in [0.3, 0.4) is 0 Å². The monoisotopic (exact) mass is 309 g/mol. The Labute approximate surface area is 126 Å². The second-order valence-electron chi connectivity index (χ2n) is 4.03. The first-order chi connectivity index (χ1) is 10.4. The summed E-state index contributed by atoms with van der Waals surface area (Å²) in [5.74, 6) is -2.93. The van der Waals surface area contributed by atoms with E-state index >= 15 is 0 Å². The molecule has 8 heteroatoms. The van der Waals surface area contributed by atoms with Gasteiger partial charge in [-0.15, -0.1) is 0 Å². The van der Waals surface area contributed by atoms with Crippen molar-refractivity contribution in [3.05, 3.63) is 36.0 Å². The quantitative estimate of drug-likeness (QED) is 0.214. The molecule has 1 aromatic rings. The molecule has 0 radical (unpaired) electrons. The lowest BCUT2D eigenvalue weighted by Crippen LogP contribution is -2.12. The predicted molar refractivity (Wildman–Crippen MR) is 75.5 cm³/mol. The summed E-state index contributed by atoms with van der Waals surface area (Å²) in [7, 11) is 0. The smallest absolute Gasteiger partial charge is 0.344 e. The van der Waals surface area contributed by atoms with E-state index in [0.29, 0.717) is 11.4 Å². The Kier molecular flexibility index (Phi) is 6.42. The highest BCUT2D eigenvalue weighted by Crippen LogP contribution is 2.16. The summed E-state index contributed by atoms with van der Waals surface area (Å²) in [6.07, 6.45) is 0.890. The third kappa shape index (κ3) is 5.95. The van der Waals surface area contributed by atoms with Gasteiger partial charge in [-0.25, -0.2) is 9.59 Å². The molecule has 0 aliphatic rings. The van der Waals surface area contributed by atoms with Gasteiger partial charge in [-0.05, 0) is 24.3 Å². The molecular weight excluding hydrogens is 294 g/mol. The minimum atomic E-state index is -1.54. The first-order valence-electron chi connectivity index (χ1n) is 6.19. The van der Waals surface area contributed by atoms with E-state index in [9.17, 15) is 14.4 Å². The summed E-state index contributed by atoms with van der Waals surface area (Å²) in [6, 6.07) is 6.37. The molecule has 0 atom stereocenters. The van der Waals surface area contributed by atoms with Crippen molar-refractivity contribution in [3.8, 4) is 5.75 Å². The predicted octanol–water partition coefficient (Wildman–Crippen LogP) is 1.09. The summed E-state index contributed by atoms with van der Waals surface area (Å²) in [5, 5.41) is 19.9. The van der Waals surface area contributed by atoms with Gasteiger partial charge in [0.05, 0.1) is 0 Å². The van der Waals surface area contributed by atoms with Gasteiger partial charge in [-0.1, -0.05) is 0 Å². The van der Waals surface area contributed by atoms with Crippen LogP contribution in [0.2, 0.25) is 0 Å². The molecule has 0 fully saturated rings. The minimum absolute atomic E-state index is 0.138. The van der Waals surface area contributed by atoms with Crippen molar-refractivity contribution in [2.75, 3.05) is 18.5 Å². The molecule has 0 spiro atoms. The average Bonchev–Trinajstić information content (AvgIpc) is 2.44. The number of aliphatic carboxylic acids is 2. The number of hydrogen-bond acceptors (Lipinski definition) is 6. The van der Waals surface area contributed by atoms with Crippen LogP contribution in [0.5, 0.6) is 5.75 Å². The van der Waals surface area contributed by atoms with Crippen molar-refractivity contribution in [1.29, 1.82) is 0 Å². The zero-order valence-corrected chi connectivity index (χ0v) is 11.7. The van der Waals surface area contributed by atoms with Crippen molar-refractivity contribution in [2.24, 2.45) is 0 Å². The fourth-order valence-corrected chi connectivity index (χ4v) is 1.36. The number of carboxylic acid groups (broad SMARTS) is 2. The molecule has 118 valence electrons. The molecule has 0 saturated carbocycles. The van der Waals surface area contributed by atoms with Crippen LogP contribution in [0, 0.1) is 0 Å². The van der Waals surface area contributed by atoms with Crippen molar-refractivity contribution in [1.82, 2.24) is 0 Å². The number of hydrogen-bond donors (Lipinski definition) is 3. The van der Waals surface area contributed by atoms with E-state index < -0.39 is 17.5 Å². The summed E-state index contributed by atoms with van der Waals surface area (Å²) < 4.78 is 10.0. The van der Waals surface area contributed by atoms with E-state index in [0.717, 1.165) is 6.20 Å². The third-order valence-electron chi connectivity index (χ3n) is 2.36. The van der Waals surface area contributed by atoms with Crippen LogP contribution in [0.15, 0.2) is 36.0 Å². The molecule has 1 rings (SSSR count). The fourth-order valence-electron chi connectivity index (χ4n) is 1.36. The normalized spacial score (nSPS) is 9.50. The van der Waals surface area contributed by atoms with E-state index in [1.54, 1.807) is 24.3 Å². The maximum atomic E-state index is 10.7. The Morgan fingerprint density at radius 1 is 1.09 bits per heavy atom. The van der Waals surface area contributed by atoms with Gasteiger partial charge in [-0.2, -0.15) is 0 Å². The van der Waals surface area contributed by atoms with Crippen molar-refractivity contribution in [2.45, 2.75) is 6.92 Å². The highest BCUT2D eigenvalue weighted by Gasteiger charge is 2.15. The molecule has 0 amide bonds. The average molecular weight is 309 g/mol. The number of carboxylic acids is 2. The van der Waals surface area contributed by atoms with E-state index in [4.69, 9.17) is 19.7 Å². The summed E-state index contributed by atoms with van der Waals surface area (Å²) >= 11 is 0. The van der Waals surface area contributed by atoms with Gasteiger partial charge in [0.15, 0.2) is 5.57 Å². The van der Waals surface area contributed by atoms with Crippen LogP contribution in [0.25, 0.3) is 0 Å². The largest absolute Gasteiger partial charge is 0.490 e. The second kappa shape index (κ2) is 8.30. The van der Waals surface area contributed by atoms with Gasteiger partial charge in [0.25, 0.3) is 0 Å². The van der Waals surface area contributed by atoms with Crippen molar-refractivity contribution >= 4 is 23.6 Å². The number of carbonyl (C=O) groups excluding carboxylic acids is 1. The van der Waals surface area contributed by atoms with Crippen molar-refractivity contribution in [3.63, 3.8) is 0 Å². The number of nitrogens with one attached hydrogen (secondary N) is 1. The molecule has 3 N–H and O–H groups in total. The molecule has 0 aliphatic heterocycles. The first-order valence-corrected chi connectivity index (χ1v) is 6.19. The number of rotatable bonds is 8. The molecule has 0 saturated heterocycles. The zero-order chi connectivity index (χ0) is 16.5. The molecule has 0 bridgehead atoms. The molecule has 0 aliphatic carbocycles. The van der Waals surface area contributed by atoms with Gasteiger partial charge >= 0.3 is 17.9 Å². The number of esters is 1. The standard InChI is InChI=1S/C14H15NO7/c1-9(16)21-6-7-22-11-4-2-10(3-5-11)15-8-12(13(17)18)14(19)20/h2-5,8,15H,6-7H2,1H3,(H,17,18)(H,19,20). The van der Waals surface area contributed by atoms with Crippen LogP contribution in [0.4, 0.5) is 5.69 Å². The van der Waals surface area contributed by atoms with Crippen LogP contribution in [-0.2, 0) is 19.1 Å². The summed E-state index contributed by atoms with van der Waals surface area (Å²) in [4.78, 5) is 31.9. The lowest BCUT2D eigenvalue weighted by atomic mass is 10.2. The van der Waals surface area contributed by atoms with Crippen LogP contribution in [-0.4, -0.2) is 41.3 Å². The lowest BCUT2D eigenvalue weighted by Gasteiger charge is -2.07. The number of benzene rings is 1. The Hall–Kier alpha value is -3.03. The molecule has 0 unspecified atom stereocenters. The molecule has 0 heterocycles. The summed E-state index contributed by atoms with van der Waals surface area (Å²) in [6.45, 7) is 1.64. The number of carbonyl (C=O) groups is 3. The van der Waals surface area contributed by atoms with Crippen LogP contribution >= 0.6 is 0 Å². The van der Waals surface area contributed by atoms with E-state index in [1.807, 2.05) is 0 Å². The molecule has 22 heavy (non-hydrogen) atoms. The maximum absolute atomic E-state index is 10.7. The van der Waals surface area contributed by atoms with Gasteiger partial charge in [0.2, 0.25) is 0 Å². The third-order valence-corrected chi connectivity index (χ3v) is 2.36. The van der Waals surface area contributed by atoms with Gasteiger partial charge in [0, 0.05) is 18.8 Å².